The highest BCUT2D eigenvalue weighted by atomic mass is 16.5. The average Bonchev–Trinajstić information content (AvgIpc) is 3.08. The molecular formula is C22H23NO3. The van der Waals surface area contributed by atoms with Gasteiger partial charge in [0.15, 0.2) is 5.76 Å². The fraction of sp³-hybridized carbons (Fsp3) is 0.227. The van der Waals surface area contributed by atoms with Crippen LogP contribution >= 0.6 is 0 Å². The number of carbonyl (C=O) groups is 1. The van der Waals surface area contributed by atoms with Crippen LogP contribution in [0.15, 0.2) is 52.9 Å². The summed E-state index contributed by atoms with van der Waals surface area (Å²) >= 11 is 0. The zero-order valence-corrected chi connectivity index (χ0v) is 15.6. The van der Waals surface area contributed by atoms with Crippen molar-refractivity contribution in [2.75, 3.05) is 5.32 Å². The van der Waals surface area contributed by atoms with Crippen molar-refractivity contribution in [1.82, 2.24) is 0 Å². The normalized spacial score (nSPS) is 10.6. The van der Waals surface area contributed by atoms with Crippen LogP contribution in [0, 0.1) is 27.7 Å². The highest BCUT2D eigenvalue weighted by Crippen LogP contribution is 2.20. The Bertz CT molecular complexity index is 940. The predicted octanol–water partition coefficient (Wildman–Crippen LogP) is 5.34. The van der Waals surface area contributed by atoms with Crippen LogP contribution in [0.1, 0.15) is 38.6 Å². The van der Waals surface area contributed by atoms with E-state index >= 15 is 0 Å². The summed E-state index contributed by atoms with van der Waals surface area (Å²) in [6.07, 6.45) is 0. The van der Waals surface area contributed by atoms with Crippen LogP contribution in [0.4, 0.5) is 5.69 Å². The second-order valence-electron chi connectivity index (χ2n) is 6.57. The van der Waals surface area contributed by atoms with E-state index in [2.05, 4.69) is 12.2 Å². The molecule has 0 saturated heterocycles. The molecule has 134 valence electrons. The number of carbonyl (C=O) groups excluding carboxylic acids is 1. The van der Waals surface area contributed by atoms with Gasteiger partial charge < -0.3 is 14.5 Å². The first-order valence-electron chi connectivity index (χ1n) is 8.60. The van der Waals surface area contributed by atoms with E-state index in [9.17, 15) is 4.79 Å². The number of aryl methyl sites for hydroxylation is 4. The van der Waals surface area contributed by atoms with E-state index in [1.807, 2.05) is 57.2 Å². The Kier molecular flexibility index (Phi) is 5.12. The van der Waals surface area contributed by atoms with Crippen LogP contribution in [0.3, 0.4) is 0 Å². The Balaban J connectivity index is 1.64. The van der Waals surface area contributed by atoms with Gasteiger partial charge in [0, 0.05) is 5.69 Å². The molecule has 3 aromatic rings. The molecule has 0 atom stereocenters. The molecule has 0 bridgehead atoms. The van der Waals surface area contributed by atoms with Gasteiger partial charge in [-0.1, -0.05) is 18.2 Å². The topological polar surface area (TPSA) is 51.5 Å². The molecule has 2 aromatic carbocycles. The minimum Gasteiger partial charge on any atom is -0.486 e. The van der Waals surface area contributed by atoms with Crippen LogP contribution in [-0.4, -0.2) is 5.91 Å². The number of anilines is 1. The lowest BCUT2D eigenvalue weighted by molar-refractivity contribution is 0.0992. The zero-order valence-electron chi connectivity index (χ0n) is 15.6. The van der Waals surface area contributed by atoms with E-state index < -0.39 is 0 Å². The highest BCUT2D eigenvalue weighted by molar-refractivity contribution is 6.02. The van der Waals surface area contributed by atoms with Crippen LogP contribution in [0.5, 0.6) is 5.75 Å². The van der Waals surface area contributed by atoms with Crippen molar-refractivity contribution in [2.24, 2.45) is 0 Å². The first kappa shape index (κ1) is 17.8. The SMILES string of the molecule is Cc1ccc(C)c(NC(=O)c2ccc(COc3ccc(C)c(C)c3)o2)c1. The third-order valence-electron chi connectivity index (χ3n) is 4.39. The average molecular weight is 349 g/mol. The highest BCUT2D eigenvalue weighted by Gasteiger charge is 2.13. The Labute approximate surface area is 153 Å². The lowest BCUT2D eigenvalue weighted by Gasteiger charge is -2.08. The van der Waals surface area contributed by atoms with Crippen molar-refractivity contribution >= 4 is 11.6 Å². The predicted molar refractivity (Wildman–Crippen MR) is 103 cm³/mol. The summed E-state index contributed by atoms with van der Waals surface area (Å²) in [6.45, 7) is 8.33. The number of hydrogen-bond acceptors (Lipinski definition) is 3. The van der Waals surface area contributed by atoms with Crippen LogP contribution in [0.25, 0.3) is 0 Å². The van der Waals surface area contributed by atoms with E-state index in [4.69, 9.17) is 9.15 Å². The molecule has 0 aliphatic rings. The molecule has 4 nitrogen and oxygen atoms in total. The van der Waals surface area contributed by atoms with Crippen molar-refractivity contribution in [3.8, 4) is 5.75 Å². The molecule has 0 aliphatic heterocycles. The summed E-state index contributed by atoms with van der Waals surface area (Å²) in [5.41, 5.74) is 5.29. The van der Waals surface area contributed by atoms with Gasteiger partial charge in [-0.2, -0.15) is 0 Å². The van der Waals surface area contributed by atoms with Crippen molar-refractivity contribution < 1.29 is 13.9 Å². The number of rotatable bonds is 5. The van der Waals surface area contributed by atoms with Crippen LogP contribution in [-0.2, 0) is 6.61 Å². The van der Waals surface area contributed by atoms with Gasteiger partial charge in [-0.15, -0.1) is 0 Å². The molecule has 0 spiro atoms. The summed E-state index contributed by atoms with van der Waals surface area (Å²) in [7, 11) is 0. The number of hydrogen-bond donors (Lipinski definition) is 1. The van der Waals surface area contributed by atoms with Gasteiger partial charge >= 0.3 is 0 Å². The fourth-order valence-electron chi connectivity index (χ4n) is 2.59. The Morgan fingerprint density at radius 3 is 2.46 bits per heavy atom. The van der Waals surface area contributed by atoms with Gasteiger partial charge in [0.1, 0.15) is 18.1 Å². The van der Waals surface area contributed by atoms with Crippen molar-refractivity contribution in [3.63, 3.8) is 0 Å². The van der Waals surface area contributed by atoms with Gasteiger partial charge in [-0.25, -0.2) is 0 Å². The lowest BCUT2D eigenvalue weighted by Crippen LogP contribution is -2.12. The zero-order chi connectivity index (χ0) is 18.7. The molecule has 1 N–H and O–H groups in total. The Morgan fingerprint density at radius 2 is 1.69 bits per heavy atom. The summed E-state index contributed by atoms with van der Waals surface area (Å²) in [5.74, 6) is 1.39. The molecule has 0 aliphatic carbocycles. The molecule has 1 heterocycles. The largest absolute Gasteiger partial charge is 0.486 e. The first-order valence-corrected chi connectivity index (χ1v) is 8.60. The summed E-state index contributed by atoms with van der Waals surface area (Å²) in [5, 5.41) is 2.89. The molecule has 0 fully saturated rings. The Morgan fingerprint density at radius 1 is 0.923 bits per heavy atom. The second-order valence-corrected chi connectivity index (χ2v) is 6.57. The molecule has 4 heteroatoms. The summed E-state index contributed by atoms with van der Waals surface area (Å²) in [4.78, 5) is 12.4. The van der Waals surface area contributed by atoms with Gasteiger partial charge in [-0.3, -0.25) is 4.79 Å². The van der Waals surface area contributed by atoms with E-state index in [0.29, 0.717) is 5.76 Å². The smallest absolute Gasteiger partial charge is 0.291 e. The third-order valence-corrected chi connectivity index (χ3v) is 4.39. The van der Waals surface area contributed by atoms with E-state index in [1.165, 1.54) is 11.1 Å². The van der Waals surface area contributed by atoms with Crippen molar-refractivity contribution in [3.05, 3.63) is 82.3 Å². The van der Waals surface area contributed by atoms with Crippen molar-refractivity contribution in [1.29, 1.82) is 0 Å². The molecule has 26 heavy (non-hydrogen) atoms. The standard InChI is InChI=1S/C22H23NO3/c1-14-5-6-16(3)20(11-14)23-22(24)21-10-9-19(26-21)13-25-18-8-7-15(2)17(4)12-18/h5-12H,13H2,1-4H3,(H,23,24). The quantitative estimate of drug-likeness (QED) is 0.676. The monoisotopic (exact) mass is 349 g/mol. The minimum absolute atomic E-state index is 0.267. The second kappa shape index (κ2) is 7.48. The molecule has 0 unspecified atom stereocenters. The van der Waals surface area contributed by atoms with Crippen LogP contribution < -0.4 is 10.1 Å². The van der Waals surface area contributed by atoms with E-state index in [0.717, 1.165) is 22.6 Å². The molecule has 1 amide bonds. The van der Waals surface area contributed by atoms with Crippen LogP contribution in [0.2, 0.25) is 0 Å². The molecule has 0 radical (unpaired) electrons. The minimum atomic E-state index is -0.267. The maximum absolute atomic E-state index is 12.4. The lowest BCUT2D eigenvalue weighted by atomic mass is 10.1. The Hall–Kier alpha value is -3.01. The van der Waals surface area contributed by atoms with Crippen molar-refractivity contribution in [2.45, 2.75) is 34.3 Å². The molecular weight excluding hydrogens is 326 g/mol. The fourth-order valence-corrected chi connectivity index (χ4v) is 2.59. The van der Waals surface area contributed by atoms with Gasteiger partial charge in [0.25, 0.3) is 5.91 Å². The summed E-state index contributed by atoms with van der Waals surface area (Å²) < 4.78 is 11.4. The third kappa shape index (κ3) is 4.14. The maximum atomic E-state index is 12.4. The number of ether oxygens (including phenoxy) is 1. The number of amides is 1. The molecule has 0 saturated carbocycles. The maximum Gasteiger partial charge on any atom is 0.291 e. The number of furan rings is 1. The van der Waals surface area contributed by atoms with Gasteiger partial charge in [-0.05, 0) is 80.3 Å². The number of nitrogens with one attached hydrogen (secondary N) is 1. The molecule has 1 aromatic heterocycles. The first-order chi connectivity index (χ1) is 12.4. The van der Waals surface area contributed by atoms with E-state index in [1.54, 1.807) is 12.1 Å². The summed E-state index contributed by atoms with van der Waals surface area (Å²) in [6, 6.07) is 15.3. The molecule has 3 rings (SSSR count). The van der Waals surface area contributed by atoms with E-state index in [-0.39, 0.29) is 18.3 Å². The van der Waals surface area contributed by atoms with Gasteiger partial charge in [0.2, 0.25) is 0 Å². The van der Waals surface area contributed by atoms with Gasteiger partial charge in [0.05, 0.1) is 0 Å². The number of benzene rings is 2.